The Labute approximate surface area is 253 Å². The lowest BCUT2D eigenvalue weighted by atomic mass is 9.95. The van der Waals surface area contributed by atoms with Crippen molar-refractivity contribution in [3.63, 3.8) is 0 Å². The van der Waals surface area contributed by atoms with E-state index in [0.29, 0.717) is 39.3 Å². The third-order valence-corrected chi connectivity index (χ3v) is 8.93. The Hall–Kier alpha value is -4.15. The Morgan fingerprint density at radius 2 is 1.76 bits per heavy atom. The van der Waals surface area contributed by atoms with Crippen LogP contribution in [0, 0.1) is 0 Å². The lowest BCUT2D eigenvalue weighted by Gasteiger charge is -2.23. The van der Waals surface area contributed by atoms with Gasteiger partial charge in [-0.15, -0.1) is 10.2 Å². The minimum absolute atomic E-state index is 0.0259. The number of anilines is 1. The number of ether oxygens (including phenoxy) is 2. The molecule has 1 amide bonds. The third kappa shape index (κ3) is 6.50. The van der Waals surface area contributed by atoms with E-state index in [9.17, 15) is 14.7 Å². The average molecular weight is 602 g/mol. The number of aliphatic hydroxyl groups excluding tert-OH is 1. The molecule has 10 heteroatoms. The van der Waals surface area contributed by atoms with Gasteiger partial charge in [-0.3, -0.25) is 14.5 Å². The van der Waals surface area contributed by atoms with E-state index in [2.05, 4.69) is 17.1 Å². The molecular weight excluding hydrogens is 571 g/mol. The first-order valence-corrected chi connectivity index (χ1v) is 15.5. The van der Waals surface area contributed by atoms with Crippen molar-refractivity contribution in [2.75, 3.05) is 18.6 Å². The van der Waals surface area contributed by atoms with Crippen molar-refractivity contribution in [1.82, 2.24) is 10.2 Å². The number of aromatic nitrogens is 2. The summed E-state index contributed by atoms with van der Waals surface area (Å²) in [7, 11) is 1.55. The molecule has 4 aromatic rings. The number of thioether (sulfide) groups is 1. The predicted molar refractivity (Wildman–Crippen MR) is 165 cm³/mol. The Balaban J connectivity index is 1.52. The summed E-state index contributed by atoms with van der Waals surface area (Å²) < 4.78 is 11.9. The van der Waals surface area contributed by atoms with E-state index in [1.807, 2.05) is 54.6 Å². The summed E-state index contributed by atoms with van der Waals surface area (Å²) in [5, 5.41) is 20.3. The van der Waals surface area contributed by atoms with Crippen molar-refractivity contribution in [3.05, 3.63) is 101 Å². The highest BCUT2D eigenvalue weighted by atomic mass is 32.2. The van der Waals surface area contributed by atoms with Gasteiger partial charge in [0, 0.05) is 11.3 Å². The topological polar surface area (TPSA) is 102 Å². The molecule has 1 aromatic heterocycles. The van der Waals surface area contributed by atoms with E-state index >= 15 is 0 Å². The Morgan fingerprint density at radius 1 is 0.976 bits per heavy atom. The molecule has 1 fully saturated rings. The zero-order chi connectivity index (χ0) is 29.5. The van der Waals surface area contributed by atoms with Crippen LogP contribution in [0.15, 0.2) is 88.8 Å². The smallest absolute Gasteiger partial charge is 0.301 e. The number of amides is 1. The second kappa shape index (κ2) is 13.7. The van der Waals surface area contributed by atoms with E-state index in [0.717, 1.165) is 24.8 Å². The number of unbranched alkanes of at least 4 members (excludes halogenated alkanes) is 2. The van der Waals surface area contributed by atoms with E-state index in [1.165, 1.54) is 28.0 Å². The number of ketones is 1. The summed E-state index contributed by atoms with van der Waals surface area (Å²) in [4.78, 5) is 28.4. The largest absolute Gasteiger partial charge is 0.507 e. The van der Waals surface area contributed by atoms with Crippen molar-refractivity contribution in [2.45, 2.75) is 42.3 Å². The van der Waals surface area contributed by atoms with Crippen LogP contribution in [0.3, 0.4) is 0 Å². The molecule has 1 N–H and O–H groups in total. The number of carbonyl (C=O) groups is 2. The van der Waals surface area contributed by atoms with Crippen LogP contribution >= 0.6 is 23.1 Å². The van der Waals surface area contributed by atoms with Crippen LogP contribution in [0.4, 0.5) is 5.13 Å². The second-order valence-electron chi connectivity index (χ2n) is 9.65. The Morgan fingerprint density at radius 3 is 2.50 bits per heavy atom. The number of hydrogen-bond acceptors (Lipinski definition) is 9. The first-order chi connectivity index (χ1) is 20.5. The molecule has 3 aromatic carbocycles. The third-order valence-electron chi connectivity index (χ3n) is 6.81. The number of benzene rings is 3. The van der Waals surface area contributed by atoms with Gasteiger partial charge in [0.15, 0.2) is 4.34 Å². The number of carbonyl (C=O) groups excluding carboxylic acids is 2. The van der Waals surface area contributed by atoms with Crippen molar-refractivity contribution in [2.24, 2.45) is 0 Å². The molecule has 8 nitrogen and oxygen atoms in total. The highest BCUT2D eigenvalue weighted by molar-refractivity contribution is 8.00. The standard InChI is InChI=1S/C32H31N3O5S2/c1-3-4-8-18-40-25-13-9-12-23(19-25)27-26(28(36)22-14-16-24(39-2)17-15-22)29(37)30(38)35(27)31-33-34-32(42-31)41-20-21-10-6-5-7-11-21/h5-7,9-17,19,27,36H,3-4,8,18,20H2,1-2H3/b28-26+. The quantitative estimate of drug-likeness (QED) is 0.0461. The molecule has 42 heavy (non-hydrogen) atoms. The van der Waals surface area contributed by atoms with Gasteiger partial charge in [0.05, 0.1) is 25.3 Å². The van der Waals surface area contributed by atoms with Gasteiger partial charge in [0.25, 0.3) is 5.78 Å². The van der Waals surface area contributed by atoms with Gasteiger partial charge in [-0.25, -0.2) is 0 Å². The van der Waals surface area contributed by atoms with Crippen molar-refractivity contribution < 1.29 is 24.2 Å². The van der Waals surface area contributed by atoms with Gasteiger partial charge < -0.3 is 14.6 Å². The van der Waals surface area contributed by atoms with Crippen LogP contribution in [-0.4, -0.2) is 40.7 Å². The number of rotatable bonds is 12. The van der Waals surface area contributed by atoms with Crippen molar-refractivity contribution in [3.8, 4) is 11.5 Å². The summed E-state index contributed by atoms with van der Waals surface area (Å²) in [6.45, 7) is 2.69. The number of hydrogen-bond donors (Lipinski definition) is 1. The normalized spacial score (nSPS) is 16.1. The van der Waals surface area contributed by atoms with Crippen LogP contribution in [0.2, 0.25) is 0 Å². The summed E-state index contributed by atoms with van der Waals surface area (Å²) in [5.41, 5.74) is 2.12. The van der Waals surface area contributed by atoms with Gasteiger partial charge in [0.1, 0.15) is 17.3 Å². The molecule has 216 valence electrons. The maximum absolute atomic E-state index is 13.6. The van der Waals surface area contributed by atoms with Gasteiger partial charge in [-0.1, -0.05) is 85.3 Å². The lowest BCUT2D eigenvalue weighted by Crippen LogP contribution is -2.29. The second-order valence-corrected chi connectivity index (χ2v) is 11.8. The zero-order valence-corrected chi connectivity index (χ0v) is 25.0. The summed E-state index contributed by atoms with van der Waals surface area (Å²) in [6, 6.07) is 23.0. The Bertz CT molecular complexity index is 1570. The fourth-order valence-corrected chi connectivity index (χ4v) is 6.47. The molecule has 0 saturated carbocycles. The fourth-order valence-electron chi connectivity index (χ4n) is 4.64. The summed E-state index contributed by atoms with van der Waals surface area (Å²) in [6.07, 6.45) is 3.06. The Kier molecular flexibility index (Phi) is 9.55. The first kappa shape index (κ1) is 29.3. The van der Waals surface area contributed by atoms with E-state index in [4.69, 9.17) is 9.47 Å². The maximum Gasteiger partial charge on any atom is 0.301 e. The number of methoxy groups -OCH3 is 1. The molecule has 0 radical (unpaired) electrons. The number of aliphatic hydroxyl groups is 1. The molecule has 1 saturated heterocycles. The molecule has 0 bridgehead atoms. The molecular formula is C32H31N3O5S2. The molecule has 1 aliphatic heterocycles. The molecule has 2 heterocycles. The summed E-state index contributed by atoms with van der Waals surface area (Å²) in [5.74, 6) is 0.0604. The molecule has 1 unspecified atom stereocenters. The highest BCUT2D eigenvalue weighted by Gasteiger charge is 2.48. The van der Waals surface area contributed by atoms with Crippen molar-refractivity contribution >= 4 is 45.7 Å². The zero-order valence-electron chi connectivity index (χ0n) is 23.4. The molecule has 1 atom stereocenters. The van der Waals surface area contributed by atoms with Crippen LogP contribution < -0.4 is 14.4 Å². The number of nitrogens with zero attached hydrogens (tertiary/aromatic N) is 3. The minimum atomic E-state index is -0.925. The summed E-state index contributed by atoms with van der Waals surface area (Å²) >= 11 is 2.74. The minimum Gasteiger partial charge on any atom is -0.507 e. The van der Waals surface area contributed by atoms with Crippen molar-refractivity contribution in [1.29, 1.82) is 0 Å². The molecule has 0 aliphatic carbocycles. The average Bonchev–Trinajstić information content (AvgIpc) is 3.60. The van der Waals surface area contributed by atoms with Gasteiger partial charge >= 0.3 is 5.91 Å². The predicted octanol–water partition coefficient (Wildman–Crippen LogP) is 7.03. The molecule has 0 spiro atoms. The molecule has 1 aliphatic rings. The maximum atomic E-state index is 13.6. The van der Waals surface area contributed by atoms with E-state index < -0.39 is 17.7 Å². The first-order valence-electron chi connectivity index (χ1n) is 13.7. The van der Waals surface area contributed by atoms with Crippen LogP contribution in [0.5, 0.6) is 11.5 Å². The van der Waals surface area contributed by atoms with E-state index in [1.54, 1.807) is 31.4 Å². The van der Waals surface area contributed by atoms with Crippen LogP contribution in [-0.2, 0) is 15.3 Å². The SMILES string of the molecule is CCCCCOc1cccc(C2/C(=C(\O)c3ccc(OC)cc3)C(=O)C(=O)N2c2nnc(SCc3ccccc3)s2)c1. The van der Waals surface area contributed by atoms with Gasteiger partial charge in [0.2, 0.25) is 5.13 Å². The monoisotopic (exact) mass is 601 g/mol. The fraction of sp³-hybridized carbons (Fsp3) is 0.250. The highest BCUT2D eigenvalue weighted by Crippen LogP contribution is 2.44. The number of Topliss-reactive ketones (excluding diaryl/α,β-unsaturated/α-hetero) is 1. The van der Waals surface area contributed by atoms with E-state index in [-0.39, 0.29) is 16.5 Å². The van der Waals surface area contributed by atoms with Crippen LogP contribution in [0.25, 0.3) is 5.76 Å². The molecule has 5 rings (SSSR count). The van der Waals surface area contributed by atoms with Crippen LogP contribution in [0.1, 0.15) is 48.9 Å². The van der Waals surface area contributed by atoms with Gasteiger partial charge in [-0.05, 0) is 53.9 Å². The lowest BCUT2D eigenvalue weighted by molar-refractivity contribution is -0.132. The van der Waals surface area contributed by atoms with Gasteiger partial charge in [-0.2, -0.15) is 0 Å².